The zero-order valence-corrected chi connectivity index (χ0v) is 33.9. The maximum absolute atomic E-state index is 6.21. The summed E-state index contributed by atoms with van der Waals surface area (Å²) in [5, 5.41) is 2.01. The van der Waals surface area contributed by atoms with Crippen LogP contribution in [-0.4, -0.2) is 10.1 Å². The Bertz CT molecular complexity index is 2180. The number of thioether (sulfide) groups is 2. The number of ether oxygens (including phenoxy) is 2. The first-order chi connectivity index (χ1) is 25.5. The highest BCUT2D eigenvalue weighted by Crippen LogP contribution is 2.42. The summed E-state index contributed by atoms with van der Waals surface area (Å²) >= 11 is 3.57. The summed E-state index contributed by atoms with van der Waals surface area (Å²) in [5.41, 5.74) is 14.4. The summed E-state index contributed by atoms with van der Waals surface area (Å²) in [5.74, 6) is 1.68. The Morgan fingerprint density at radius 2 is 1.21 bits per heavy atom. The summed E-state index contributed by atoms with van der Waals surface area (Å²) < 4.78 is 12.3. The van der Waals surface area contributed by atoms with Crippen molar-refractivity contribution in [1.29, 1.82) is 0 Å². The lowest BCUT2D eigenvalue weighted by Crippen LogP contribution is -2.09. The van der Waals surface area contributed by atoms with Crippen LogP contribution in [0.25, 0.3) is 0 Å². The van der Waals surface area contributed by atoms with Gasteiger partial charge in [0.15, 0.2) is 0 Å². The Hall–Kier alpha value is -4.52. The number of rotatable bonds is 8. The molecule has 0 spiro atoms. The maximum atomic E-state index is 6.21. The molecule has 4 aromatic rings. The van der Waals surface area contributed by atoms with Crippen LogP contribution >= 0.6 is 23.5 Å². The molecule has 0 saturated carbocycles. The molecule has 0 unspecified atom stereocenters. The summed E-state index contributed by atoms with van der Waals surface area (Å²) in [6.45, 7) is 17.5. The molecule has 2 heterocycles. The van der Waals surface area contributed by atoms with Crippen molar-refractivity contribution < 1.29 is 9.47 Å². The van der Waals surface area contributed by atoms with Gasteiger partial charge in [0.2, 0.25) is 0 Å². The molecule has 0 aliphatic carbocycles. The monoisotopic (exact) mass is 738 g/mol. The second-order valence-electron chi connectivity index (χ2n) is 14.3. The van der Waals surface area contributed by atoms with Crippen LogP contribution in [-0.2, 0) is 6.42 Å². The molecule has 272 valence electrons. The number of aliphatic imine (C=N–C) groups is 2. The predicted octanol–water partition coefficient (Wildman–Crippen LogP) is 14.1. The summed E-state index contributed by atoms with van der Waals surface area (Å²) in [6.07, 6.45) is 8.38. The Kier molecular flexibility index (Phi) is 12.6. The van der Waals surface area contributed by atoms with E-state index in [4.69, 9.17) is 19.5 Å². The van der Waals surface area contributed by atoms with Gasteiger partial charge in [0.05, 0.1) is 23.9 Å². The third-order valence-electron chi connectivity index (χ3n) is 9.72. The molecule has 0 radical (unpaired) electrons. The van der Waals surface area contributed by atoms with E-state index in [1.54, 1.807) is 23.5 Å². The Morgan fingerprint density at radius 3 is 1.89 bits per heavy atom. The van der Waals surface area contributed by atoms with E-state index in [1.165, 1.54) is 54.3 Å². The third kappa shape index (κ3) is 9.92. The van der Waals surface area contributed by atoms with E-state index in [0.717, 1.165) is 76.2 Å². The van der Waals surface area contributed by atoms with Crippen LogP contribution in [0.2, 0.25) is 0 Å². The summed E-state index contributed by atoms with van der Waals surface area (Å²) in [6, 6.07) is 29.0. The van der Waals surface area contributed by atoms with E-state index in [-0.39, 0.29) is 0 Å². The molecular formula is C47H50N2O2S2. The number of benzene rings is 4. The molecule has 2 aliphatic heterocycles. The minimum atomic E-state index is 0.832. The van der Waals surface area contributed by atoms with Gasteiger partial charge in [0, 0.05) is 11.1 Å². The molecule has 2 aliphatic rings. The number of para-hydroxylation sites is 1. The Balaban J connectivity index is 1.30. The fraction of sp³-hybridized carbons (Fsp3) is 0.277. The second-order valence-corrected chi connectivity index (χ2v) is 16.5. The van der Waals surface area contributed by atoms with Crippen molar-refractivity contribution in [3.63, 3.8) is 0 Å². The van der Waals surface area contributed by atoms with Crippen LogP contribution < -0.4 is 9.47 Å². The lowest BCUT2D eigenvalue weighted by Gasteiger charge is -2.23. The third-order valence-corrected chi connectivity index (χ3v) is 12.5. The van der Waals surface area contributed by atoms with Gasteiger partial charge in [-0.05, 0) is 162 Å². The van der Waals surface area contributed by atoms with Crippen molar-refractivity contribution in [2.75, 3.05) is 0 Å². The number of nitrogens with zero attached hydrogens (tertiary/aromatic N) is 2. The number of aryl methyl sites for hydroxylation is 4. The van der Waals surface area contributed by atoms with Gasteiger partial charge in [-0.2, -0.15) is 0 Å². The highest BCUT2D eigenvalue weighted by molar-refractivity contribution is 8.18. The van der Waals surface area contributed by atoms with E-state index < -0.39 is 0 Å². The van der Waals surface area contributed by atoms with Gasteiger partial charge in [0.1, 0.15) is 21.6 Å². The molecule has 4 nitrogen and oxygen atoms in total. The lowest BCUT2D eigenvalue weighted by atomic mass is 9.94. The van der Waals surface area contributed by atoms with Crippen molar-refractivity contribution in [3.8, 4) is 11.5 Å². The zero-order chi connectivity index (χ0) is 37.5. The van der Waals surface area contributed by atoms with Crippen LogP contribution in [0, 0.1) is 34.6 Å². The first kappa shape index (κ1) is 38.2. The van der Waals surface area contributed by atoms with Crippen LogP contribution in [0.1, 0.15) is 79.8 Å². The lowest BCUT2D eigenvalue weighted by molar-refractivity contribution is 0.475. The fourth-order valence-corrected chi connectivity index (χ4v) is 8.67. The molecule has 0 N–H and O–H groups in total. The summed E-state index contributed by atoms with van der Waals surface area (Å²) in [4.78, 5) is 13.3. The van der Waals surface area contributed by atoms with Gasteiger partial charge in [-0.1, -0.05) is 88.8 Å². The fourth-order valence-electron chi connectivity index (χ4n) is 6.49. The van der Waals surface area contributed by atoms with Crippen LogP contribution in [0.3, 0.4) is 0 Å². The van der Waals surface area contributed by atoms with Gasteiger partial charge in [-0.25, -0.2) is 9.98 Å². The molecule has 53 heavy (non-hydrogen) atoms. The predicted molar refractivity (Wildman–Crippen MR) is 229 cm³/mol. The van der Waals surface area contributed by atoms with Gasteiger partial charge < -0.3 is 9.47 Å². The Labute approximate surface area is 324 Å². The molecule has 0 atom stereocenters. The average molecular weight is 739 g/mol. The first-order valence-electron chi connectivity index (χ1n) is 18.4. The number of allylic oxidation sites excluding steroid dienone is 4. The zero-order valence-electron chi connectivity index (χ0n) is 32.3. The van der Waals surface area contributed by atoms with E-state index >= 15 is 0 Å². The molecule has 2 fully saturated rings. The van der Waals surface area contributed by atoms with Crippen molar-refractivity contribution in [1.82, 2.24) is 0 Å². The van der Waals surface area contributed by atoms with Gasteiger partial charge in [-0.15, -0.1) is 0 Å². The standard InChI is InChI=1S/C47H50N2O2S2/c1-30(2)44-23-19-37(28-50-39-14-10-9-11-15-39)47(52-44)49-43-22-18-33(5)41(36(43)8)27-35(7)45-24-20-38(29-51-40-16-12-13-31(3)26-40)46(53-45)48-42-21-17-32(4)25-34(42)6/h9-18,21-22,25-26,28-29H,19-20,23-24,27H2,1-8H3/b37-28+,38-29+,45-35+,48-46-,49-47-. The van der Waals surface area contributed by atoms with Crippen LogP contribution in [0.15, 0.2) is 140 Å². The molecule has 0 bridgehead atoms. The van der Waals surface area contributed by atoms with Gasteiger partial charge >= 0.3 is 0 Å². The first-order valence-corrected chi connectivity index (χ1v) is 20.1. The average Bonchev–Trinajstić information content (AvgIpc) is 3.14. The van der Waals surface area contributed by atoms with Crippen molar-refractivity contribution >= 4 is 45.0 Å². The maximum Gasteiger partial charge on any atom is 0.126 e. The van der Waals surface area contributed by atoms with E-state index in [0.29, 0.717) is 0 Å². The van der Waals surface area contributed by atoms with Crippen LogP contribution in [0.4, 0.5) is 11.4 Å². The molecule has 6 rings (SSSR count). The largest absolute Gasteiger partial charge is 0.465 e. The molecule has 0 amide bonds. The molecule has 2 saturated heterocycles. The van der Waals surface area contributed by atoms with Crippen molar-refractivity contribution in [3.05, 3.63) is 163 Å². The SMILES string of the molecule is CC(C)=C1CCC(=C\Oc2ccccc2)/C(=N/c2ccc(C)c(C/C(C)=C3\CCC(=C\Oc4cccc(C)c4)/C(=N/c4ccc(C)cc4C)S3)c2C)S1. The van der Waals surface area contributed by atoms with E-state index in [1.807, 2.05) is 55.0 Å². The van der Waals surface area contributed by atoms with Gasteiger partial charge in [-0.3, -0.25) is 0 Å². The number of hydrogen-bond donors (Lipinski definition) is 0. The normalized spacial score (nSPS) is 18.9. The molecular weight excluding hydrogens is 689 g/mol. The molecule has 0 aromatic heterocycles. The minimum Gasteiger partial charge on any atom is -0.465 e. The quantitative estimate of drug-likeness (QED) is 0.169. The smallest absolute Gasteiger partial charge is 0.126 e. The topological polar surface area (TPSA) is 43.2 Å². The van der Waals surface area contributed by atoms with E-state index in [9.17, 15) is 0 Å². The van der Waals surface area contributed by atoms with Crippen molar-refractivity contribution in [2.45, 2.75) is 87.5 Å². The highest BCUT2D eigenvalue weighted by atomic mass is 32.2. The number of hydrogen-bond acceptors (Lipinski definition) is 6. The molecule has 6 heteroatoms. The Morgan fingerprint density at radius 1 is 0.604 bits per heavy atom. The van der Waals surface area contributed by atoms with Crippen LogP contribution in [0.5, 0.6) is 11.5 Å². The van der Waals surface area contributed by atoms with Crippen molar-refractivity contribution in [2.24, 2.45) is 9.98 Å². The second kappa shape index (κ2) is 17.5. The van der Waals surface area contributed by atoms with E-state index in [2.05, 4.69) is 97.9 Å². The summed E-state index contributed by atoms with van der Waals surface area (Å²) in [7, 11) is 0. The minimum absolute atomic E-state index is 0.832. The molecule has 4 aromatic carbocycles. The van der Waals surface area contributed by atoms with Gasteiger partial charge in [0.25, 0.3) is 0 Å². The highest BCUT2D eigenvalue weighted by Gasteiger charge is 2.23.